The number of rotatable bonds is 6. The van der Waals surface area contributed by atoms with Gasteiger partial charge in [0.2, 0.25) is 0 Å². The number of ether oxygens (including phenoxy) is 1. The van der Waals surface area contributed by atoms with Gasteiger partial charge in [0.25, 0.3) is 0 Å². The second-order valence-electron chi connectivity index (χ2n) is 3.76. The Hall–Kier alpha value is -1.43. The van der Waals surface area contributed by atoms with E-state index in [1.807, 2.05) is 6.92 Å². The highest BCUT2D eigenvalue weighted by Gasteiger charge is 2.21. The van der Waals surface area contributed by atoms with E-state index in [0.717, 1.165) is 6.42 Å². The van der Waals surface area contributed by atoms with Crippen LogP contribution in [0.15, 0.2) is 18.2 Å². The molecular formula is C12H14BrNO4. The molecule has 0 bridgehead atoms. The molecule has 0 aliphatic carbocycles. The van der Waals surface area contributed by atoms with E-state index in [9.17, 15) is 14.9 Å². The predicted octanol–water partition coefficient (Wildman–Crippen LogP) is 3.35. The van der Waals surface area contributed by atoms with Crippen LogP contribution in [0.2, 0.25) is 0 Å². The van der Waals surface area contributed by atoms with E-state index in [4.69, 9.17) is 4.74 Å². The van der Waals surface area contributed by atoms with Crippen molar-refractivity contribution in [3.63, 3.8) is 0 Å². The molecule has 1 aromatic rings. The molecule has 0 amide bonds. The van der Waals surface area contributed by atoms with Crippen LogP contribution < -0.4 is 4.74 Å². The average Bonchev–Trinajstić information content (AvgIpc) is 2.37. The number of methoxy groups -OCH3 is 1. The van der Waals surface area contributed by atoms with Gasteiger partial charge in [-0.2, -0.15) is 0 Å². The van der Waals surface area contributed by atoms with Gasteiger partial charge in [-0.05, 0) is 18.6 Å². The molecule has 0 spiro atoms. The molecule has 0 fully saturated rings. The molecule has 0 heterocycles. The van der Waals surface area contributed by atoms with Crippen LogP contribution in [0.3, 0.4) is 0 Å². The summed E-state index contributed by atoms with van der Waals surface area (Å²) in [7, 11) is 1.36. The van der Waals surface area contributed by atoms with Crippen LogP contribution in [0, 0.1) is 10.1 Å². The minimum Gasteiger partial charge on any atom is -0.490 e. The lowest BCUT2D eigenvalue weighted by atomic mass is 10.0. The Kier molecular flexibility index (Phi) is 5.27. The van der Waals surface area contributed by atoms with Crippen LogP contribution in [-0.4, -0.2) is 22.6 Å². The first-order chi connectivity index (χ1) is 8.51. The maximum atomic E-state index is 12.0. The summed E-state index contributed by atoms with van der Waals surface area (Å²) in [4.78, 5) is 22.0. The molecule has 18 heavy (non-hydrogen) atoms. The second-order valence-corrected chi connectivity index (χ2v) is 4.87. The van der Waals surface area contributed by atoms with E-state index in [1.54, 1.807) is 0 Å². The van der Waals surface area contributed by atoms with Crippen molar-refractivity contribution in [3.05, 3.63) is 33.9 Å². The predicted molar refractivity (Wildman–Crippen MR) is 71.6 cm³/mol. The Morgan fingerprint density at radius 3 is 2.72 bits per heavy atom. The van der Waals surface area contributed by atoms with Crippen molar-refractivity contribution in [2.45, 2.75) is 24.6 Å². The normalized spacial score (nSPS) is 11.9. The summed E-state index contributed by atoms with van der Waals surface area (Å²) in [6.45, 7) is 1.97. The molecule has 98 valence electrons. The van der Waals surface area contributed by atoms with E-state index in [1.165, 1.54) is 25.3 Å². The molecule has 1 atom stereocenters. The number of nitrogens with zero attached hydrogens (tertiary/aromatic N) is 1. The Labute approximate surface area is 113 Å². The summed E-state index contributed by atoms with van der Waals surface area (Å²) in [5, 5.41) is 10.9. The zero-order valence-corrected chi connectivity index (χ0v) is 11.8. The minimum absolute atomic E-state index is 0.150. The summed E-state index contributed by atoms with van der Waals surface area (Å²) in [6.07, 6.45) is 1.55. The topological polar surface area (TPSA) is 69.4 Å². The Morgan fingerprint density at radius 2 is 2.22 bits per heavy atom. The molecule has 0 aliphatic heterocycles. The lowest BCUT2D eigenvalue weighted by Crippen LogP contribution is -2.14. The number of nitro groups is 1. The van der Waals surface area contributed by atoms with E-state index in [0.29, 0.717) is 12.0 Å². The first-order valence-electron chi connectivity index (χ1n) is 5.52. The quantitative estimate of drug-likeness (QED) is 0.349. The van der Waals surface area contributed by atoms with E-state index < -0.39 is 4.92 Å². The van der Waals surface area contributed by atoms with Gasteiger partial charge >= 0.3 is 5.69 Å². The largest absolute Gasteiger partial charge is 0.490 e. The number of benzene rings is 1. The lowest BCUT2D eigenvalue weighted by molar-refractivity contribution is -0.385. The number of nitro benzene ring substituents is 1. The molecule has 0 aromatic heterocycles. The van der Waals surface area contributed by atoms with Gasteiger partial charge in [0.15, 0.2) is 11.5 Å². The van der Waals surface area contributed by atoms with Crippen molar-refractivity contribution in [3.8, 4) is 5.75 Å². The molecule has 1 rings (SSSR count). The van der Waals surface area contributed by atoms with Crippen LogP contribution in [0.25, 0.3) is 0 Å². The summed E-state index contributed by atoms with van der Waals surface area (Å²) in [5.41, 5.74) is 0.123. The third-order valence-electron chi connectivity index (χ3n) is 2.49. The van der Waals surface area contributed by atoms with Crippen LogP contribution >= 0.6 is 15.9 Å². The van der Waals surface area contributed by atoms with Gasteiger partial charge in [-0.1, -0.05) is 29.3 Å². The average molecular weight is 316 g/mol. The first kappa shape index (κ1) is 14.6. The van der Waals surface area contributed by atoms with Crippen molar-refractivity contribution in [2.75, 3.05) is 7.11 Å². The molecule has 0 saturated heterocycles. The van der Waals surface area contributed by atoms with Crippen molar-refractivity contribution < 1.29 is 14.5 Å². The zero-order valence-electron chi connectivity index (χ0n) is 10.2. The van der Waals surface area contributed by atoms with Gasteiger partial charge in [-0.3, -0.25) is 14.9 Å². The fourth-order valence-electron chi connectivity index (χ4n) is 1.55. The number of alkyl halides is 1. The van der Waals surface area contributed by atoms with Crippen molar-refractivity contribution in [2.24, 2.45) is 0 Å². The van der Waals surface area contributed by atoms with Gasteiger partial charge in [0, 0.05) is 11.6 Å². The summed E-state index contributed by atoms with van der Waals surface area (Å²) in [5.74, 6) is 0.000710. The second kappa shape index (κ2) is 6.49. The van der Waals surface area contributed by atoms with E-state index in [-0.39, 0.29) is 22.0 Å². The maximum Gasteiger partial charge on any atom is 0.311 e. The highest BCUT2D eigenvalue weighted by atomic mass is 79.9. The molecule has 6 heteroatoms. The van der Waals surface area contributed by atoms with Gasteiger partial charge in [0.1, 0.15) is 0 Å². The van der Waals surface area contributed by atoms with E-state index >= 15 is 0 Å². The summed E-state index contributed by atoms with van der Waals surface area (Å²) in [6, 6.07) is 4.24. The molecule has 0 N–H and O–H groups in total. The van der Waals surface area contributed by atoms with E-state index in [2.05, 4.69) is 15.9 Å². The van der Waals surface area contributed by atoms with Crippen LogP contribution in [-0.2, 0) is 0 Å². The number of carbonyl (C=O) groups is 1. The van der Waals surface area contributed by atoms with Gasteiger partial charge in [-0.15, -0.1) is 0 Å². The standard InChI is InChI=1S/C12H14BrNO4/c1-3-4-9(13)12(15)8-5-6-11(18-2)10(7-8)14(16)17/h5-7,9H,3-4H2,1-2H3. The Bertz CT molecular complexity index is 461. The third-order valence-corrected chi connectivity index (χ3v) is 3.36. The lowest BCUT2D eigenvalue weighted by Gasteiger charge is -2.08. The summed E-state index contributed by atoms with van der Waals surface area (Å²) < 4.78 is 4.88. The van der Waals surface area contributed by atoms with Gasteiger partial charge in [0.05, 0.1) is 16.9 Å². The number of halogens is 1. The van der Waals surface area contributed by atoms with Gasteiger partial charge < -0.3 is 4.74 Å². The molecule has 0 saturated carbocycles. The molecule has 0 aliphatic rings. The van der Waals surface area contributed by atoms with Crippen molar-refractivity contribution in [1.29, 1.82) is 0 Å². The number of carbonyl (C=O) groups excluding carboxylic acids is 1. The fraction of sp³-hybridized carbons (Fsp3) is 0.417. The SMILES string of the molecule is CCCC(Br)C(=O)c1ccc(OC)c([N+](=O)[O-])c1. The number of ketones is 1. The molecular weight excluding hydrogens is 302 g/mol. The van der Waals surface area contributed by atoms with Crippen molar-refractivity contribution in [1.82, 2.24) is 0 Å². The van der Waals surface area contributed by atoms with Crippen LogP contribution in [0.5, 0.6) is 5.75 Å². The minimum atomic E-state index is -0.557. The first-order valence-corrected chi connectivity index (χ1v) is 6.43. The monoisotopic (exact) mass is 315 g/mol. The fourth-order valence-corrected chi connectivity index (χ4v) is 2.27. The van der Waals surface area contributed by atoms with Crippen LogP contribution in [0.1, 0.15) is 30.1 Å². The molecule has 5 nitrogen and oxygen atoms in total. The zero-order chi connectivity index (χ0) is 13.7. The highest BCUT2D eigenvalue weighted by Crippen LogP contribution is 2.28. The van der Waals surface area contributed by atoms with Crippen molar-refractivity contribution >= 4 is 27.4 Å². The number of hydrogen-bond acceptors (Lipinski definition) is 4. The number of hydrogen-bond donors (Lipinski definition) is 0. The Balaban J connectivity index is 3.08. The smallest absolute Gasteiger partial charge is 0.311 e. The highest BCUT2D eigenvalue weighted by molar-refractivity contribution is 9.10. The maximum absolute atomic E-state index is 12.0. The molecule has 1 aromatic carbocycles. The Morgan fingerprint density at radius 1 is 1.56 bits per heavy atom. The number of Topliss-reactive ketones (excluding diaryl/α,β-unsaturated/α-hetero) is 1. The third kappa shape index (κ3) is 3.29. The van der Waals surface area contributed by atoms with Gasteiger partial charge in [-0.25, -0.2) is 0 Å². The van der Waals surface area contributed by atoms with Crippen LogP contribution in [0.4, 0.5) is 5.69 Å². The molecule has 0 radical (unpaired) electrons. The molecule has 1 unspecified atom stereocenters. The summed E-state index contributed by atoms with van der Waals surface area (Å²) >= 11 is 3.29.